The van der Waals surface area contributed by atoms with Crippen molar-refractivity contribution in [2.75, 3.05) is 24.7 Å². The summed E-state index contributed by atoms with van der Waals surface area (Å²) in [6.45, 7) is 7.34. The Kier molecular flexibility index (Phi) is 11.2. The normalized spacial score (nSPS) is 18.9. The minimum absolute atomic E-state index is 0.138. The van der Waals surface area contributed by atoms with Gasteiger partial charge in [0.1, 0.15) is 18.2 Å². The molecule has 0 radical (unpaired) electrons. The first kappa shape index (κ1) is 29.7. The van der Waals surface area contributed by atoms with E-state index in [0.29, 0.717) is 30.8 Å². The molecular formula is C30H40N2O5S. The minimum atomic E-state index is -0.653. The Morgan fingerprint density at radius 3 is 2.26 bits per heavy atom. The van der Waals surface area contributed by atoms with Gasteiger partial charge >= 0.3 is 11.9 Å². The first-order valence-electron chi connectivity index (χ1n) is 13.3. The maximum Gasteiger partial charge on any atom is 0.326 e. The standard InChI is InChI=1S/C30H40N2O5S/c1-5-36-29(35)25(17-16-22-12-8-6-9-13-22)31-26-21-38-20-24(18-23-14-10-7-11-15-23)32(28(26)34)19-27(33)37-30(2,3)4/h6-15,24-26,31H,5,16-21H2,1-4H3/t24?,25-,26?/m0/s1. The molecule has 1 fully saturated rings. The third-order valence-electron chi connectivity index (χ3n) is 6.19. The second-order valence-electron chi connectivity index (χ2n) is 10.5. The van der Waals surface area contributed by atoms with Crippen LogP contribution in [0.2, 0.25) is 0 Å². The van der Waals surface area contributed by atoms with Crippen LogP contribution in [0.4, 0.5) is 0 Å². The third-order valence-corrected chi connectivity index (χ3v) is 7.38. The van der Waals surface area contributed by atoms with E-state index < -0.39 is 23.7 Å². The highest BCUT2D eigenvalue weighted by Gasteiger charge is 2.37. The summed E-state index contributed by atoms with van der Waals surface area (Å²) in [6.07, 6.45) is 1.80. The number of carbonyl (C=O) groups excluding carboxylic acids is 3. The second kappa shape index (κ2) is 14.4. The summed E-state index contributed by atoms with van der Waals surface area (Å²) in [5, 5.41) is 3.30. The van der Waals surface area contributed by atoms with Crippen molar-refractivity contribution in [2.24, 2.45) is 0 Å². The molecule has 1 amide bonds. The van der Waals surface area contributed by atoms with E-state index in [-0.39, 0.29) is 31.1 Å². The number of nitrogens with zero attached hydrogens (tertiary/aromatic N) is 1. The third kappa shape index (κ3) is 9.48. The van der Waals surface area contributed by atoms with E-state index in [1.165, 1.54) is 0 Å². The van der Waals surface area contributed by atoms with E-state index in [0.717, 1.165) is 11.1 Å². The van der Waals surface area contributed by atoms with Crippen molar-refractivity contribution in [3.05, 3.63) is 71.8 Å². The number of nitrogens with one attached hydrogen (secondary N) is 1. The van der Waals surface area contributed by atoms with E-state index in [9.17, 15) is 14.4 Å². The zero-order valence-corrected chi connectivity index (χ0v) is 23.7. The van der Waals surface area contributed by atoms with Gasteiger partial charge in [-0.15, -0.1) is 0 Å². The lowest BCUT2D eigenvalue weighted by Crippen LogP contribution is -2.56. The topological polar surface area (TPSA) is 84.9 Å². The van der Waals surface area contributed by atoms with Crippen molar-refractivity contribution < 1.29 is 23.9 Å². The Hall–Kier alpha value is -2.84. The molecule has 8 heteroatoms. The van der Waals surface area contributed by atoms with E-state index in [2.05, 4.69) is 5.32 Å². The number of esters is 2. The number of thioether (sulfide) groups is 1. The minimum Gasteiger partial charge on any atom is -0.465 e. The second-order valence-corrected chi connectivity index (χ2v) is 11.6. The molecule has 1 heterocycles. The van der Waals surface area contributed by atoms with Crippen LogP contribution in [0.25, 0.3) is 0 Å². The summed E-state index contributed by atoms with van der Waals surface area (Å²) in [6, 6.07) is 18.4. The lowest BCUT2D eigenvalue weighted by molar-refractivity contribution is -0.160. The molecule has 2 aromatic carbocycles. The lowest BCUT2D eigenvalue weighted by atomic mass is 10.0. The van der Waals surface area contributed by atoms with Gasteiger partial charge in [0.2, 0.25) is 5.91 Å². The smallest absolute Gasteiger partial charge is 0.326 e. The summed E-state index contributed by atoms with van der Waals surface area (Å²) >= 11 is 1.65. The fraction of sp³-hybridized carbons (Fsp3) is 0.500. The molecule has 2 unspecified atom stereocenters. The molecule has 0 spiro atoms. The van der Waals surface area contributed by atoms with Crippen molar-refractivity contribution in [1.29, 1.82) is 0 Å². The molecule has 1 N–H and O–H groups in total. The Labute approximate surface area is 230 Å². The average molecular weight is 541 g/mol. The predicted octanol–water partition coefficient (Wildman–Crippen LogP) is 4.04. The van der Waals surface area contributed by atoms with E-state index in [4.69, 9.17) is 9.47 Å². The Balaban J connectivity index is 1.80. The maximum atomic E-state index is 13.9. The van der Waals surface area contributed by atoms with Crippen LogP contribution in [-0.4, -0.2) is 71.1 Å². The molecule has 0 saturated carbocycles. The zero-order valence-electron chi connectivity index (χ0n) is 22.9. The van der Waals surface area contributed by atoms with E-state index in [1.54, 1.807) is 23.6 Å². The van der Waals surface area contributed by atoms with Gasteiger partial charge in [0.25, 0.3) is 0 Å². The monoisotopic (exact) mass is 540 g/mol. The molecule has 206 valence electrons. The fourth-order valence-electron chi connectivity index (χ4n) is 4.47. The first-order chi connectivity index (χ1) is 18.2. The SMILES string of the molecule is CCOC(=O)[C@H](CCc1ccccc1)NC1CSCC(Cc2ccccc2)N(CC(=O)OC(C)(C)C)C1=O. The van der Waals surface area contributed by atoms with Crippen LogP contribution >= 0.6 is 11.8 Å². The molecule has 1 saturated heterocycles. The van der Waals surface area contributed by atoms with Crippen LogP contribution in [0.3, 0.4) is 0 Å². The Morgan fingerprint density at radius 1 is 1.03 bits per heavy atom. The molecule has 3 rings (SSSR count). The van der Waals surface area contributed by atoms with Crippen molar-refractivity contribution in [2.45, 2.75) is 70.7 Å². The number of carbonyl (C=O) groups is 3. The van der Waals surface area contributed by atoms with Gasteiger partial charge < -0.3 is 14.4 Å². The molecule has 0 aromatic heterocycles. The maximum absolute atomic E-state index is 13.9. The van der Waals surface area contributed by atoms with Crippen LogP contribution in [0, 0.1) is 0 Å². The highest BCUT2D eigenvalue weighted by molar-refractivity contribution is 7.99. The van der Waals surface area contributed by atoms with Gasteiger partial charge in [-0.1, -0.05) is 60.7 Å². The molecule has 2 aromatic rings. The van der Waals surface area contributed by atoms with Gasteiger partial charge in [0.15, 0.2) is 0 Å². The van der Waals surface area contributed by atoms with Gasteiger partial charge in [-0.3, -0.25) is 19.7 Å². The Bertz CT molecular complexity index is 1040. The van der Waals surface area contributed by atoms with Gasteiger partial charge in [-0.05, 0) is 58.1 Å². The van der Waals surface area contributed by atoms with Crippen molar-refractivity contribution >= 4 is 29.6 Å². The molecule has 0 bridgehead atoms. The van der Waals surface area contributed by atoms with Gasteiger partial charge in [0, 0.05) is 17.5 Å². The van der Waals surface area contributed by atoms with Gasteiger partial charge in [0.05, 0.1) is 12.6 Å². The molecule has 3 atom stereocenters. The molecular weight excluding hydrogens is 500 g/mol. The number of hydrogen-bond acceptors (Lipinski definition) is 7. The number of rotatable bonds is 11. The van der Waals surface area contributed by atoms with Crippen LogP contribution in [0.1, 0.15) is 45.2 Å². The first-order valence-corrected chi connectivity index (χ1v) is 14.4. The van der Waals surface area contributed by atoms with Crippen LogP contribution in [0.5, 0.6) is 0 Å². The van der Waals surface area contributed by atoms with E-state index >= 15 is 0 Å². The number of ether oxygens (including phenoxy) is 2. The summed E-state index contributed by atoms with van der Waals surface area (Å²) < 4.78 is 10.9. The quantitative estimate of drug-likeness (QED) is 0.431. The predicted molar refractivity (Wildman–Crippen MR) is 151 cm³/mol. The van der Waals surface area contributed by atoms with Crippen molar-refractivity contribution in [3.63, 3.8) is 0 Å². The Morgan fingerprint density at radius 2 is 1.66 bits per heavy atom. The van der Waals surface area contributed by atoms with E-state index in [1.807, 2.05) is 81.4 Å². The molecule has 38 heavy (non-hydrogen) atoms. The number of aryl methyl sites for hydroxylation is 1. The highest BCUT2D eigenvalue weighted by atomic mass is 32.2. The van der Waals surface area contributed by atoms with Crippen molar-refractivity contribution in [1.82, 2.24) is 10.2 Å². The molecule has 0 aliphatic carbocycles. The van der Waals surface area contributed by atoms with Crippen LogP contribution < -0.4 is 5.32 Å². The largest absolute Gasteiger partial charge is 0.465 e. The zero-order chi connectivity index (χ0) is 27.5. The lowest BCUT2D eigenvalue weighted by Gasteiger charge is -2.33. The number of amides is 1. The molecule has 1 aliphatic heterocycles. The van der Waals surface area contributed by atoms with Crippen LogP contribution in [-0.2, 0) is 36.7 Å². The van der Waals surface area contributed by atoms with Gasteiger partial charge in [-0.25, -0.2) is 0 Å². The molecule has 7 nitrogen and oxygen atoms in total. The summed E-state index contributed by atoms with van der Waals surface area (Å²) in [5.74, 6) is 0.160. The van der Waals surface area contributed by atoms with Gasteiger partial charge in [-0.2, -0.15) is 11.8 Å². The fourth-order valence-corrected chi connectivity index (χ4v) is 5.65. The summed E-state index contributed by atoms with van der Waals surface area (Å²) in [4.78, 5) is 41.3. The number of hydrogen-bond donors (Lipinski definition) is 1. The highest BCUT2D eigenvalue weighted by Crippen LogP contribution is 2.23. The average Bonchev–Trinajstić information content (AvgIpc) is 3.01. The number of benzene rings is 2. The van der Waals surface area contributed by atoms with Crippen molar-refractivity contribution in [3.8, 4) is 0 Å². The summed E-state index contributed by atoms with van der Waals surface area (Å²) in [7, 11) is 0. The molecule has 1 aliphatic rings. The van der Waals surface area contributed by atoms with Crippen LogP contribution in [0.15, 0.2) is 60.7 Å². The summed E-state index contributed by atoms with van der Waals surface area (Å²) in [5.41, 5.74) is 1.55.